The van der Waals surface area contributed by atoms with Gasteiger partial charge in [0.05, 0.1) is 6.61 Å². The van der Waals surface area contributed by atoms with Crippen molar-refractivity contribution < 1.29 is 9.53 Å². The van der Waals surface area contributed by atoms with E-state index < -0.39 is 0 Å². The standard InChI is InChI=1S/C20H24N6O2/c1-26-19(23-24-25-26)17-9-5-10-18(15-17)22-20(27)21-12-6-13-28-14-11-16-7-3-2-4-8-16/h2-5,7-10,15H,6,11-14H2,1H3,(H2,21,22,27). The highest BCUT2D eigenvalue weighted by atomic mass is 16.5. The van der Waals surface area contributed by atoms with Crippen LogP contribution in [0.3, 0.4) is 0 Å². The smallest absolute Gasteiger partial charge is 0.319 e. The lowest BCUT2D eigenvalue weighted by molar-refractivity contribution is 0.135. The van der Waals surface area contributed by atoms with Gasteiger partial charge in [0.15, 0.2) is 5.82 Å². The van der Waals surface area contributed by atoms with Gasteiger partial charge in [0.25, 0.3) is 0 Å². The molecule has 1 aromatic heterocycles. The third kappa shape index (κ3) is 5.88. The first-order valence-corrected chi connectivity index (χ1v) is 9.22. The Morgan fingerprint density at radius 1 is 1.11 bits per heavy atom. The predicted octanol–water partition coefficient (Wildman–Crippen LogP) is 2.65. The van der Waals surface area contributed by atoms with Crippen molar-refractivity contribution in [3.05, 3.63) is 60.2 Å². The molecule has 0 aliphatic heterocycles. The summed E-state index contributed by atoms with van der Waals surface area (Å²) in [7, 11) is 1.77. The molecule has 0 bridgehead atoms. The minimum atomic E-state index is -0.252. The molecule has 8 nitrogen and oxygen atoms in total. The van der Waals surface area contributed by atoms with Crippen LogP contribution in [0.2, 0.25) is 0 Å². The summed E-state index contributed by atoms with van der Waals surface area (Å²) in [5.41, 5.74) is 2.77. The number of hydrogen-bond acceptors (Lipinski definition) is 5. The summed E-state index contributed by atoms with van der Waals surface area (Å²) in [6.45, 7) is 1.84. The maximum atomic E-state index is 12.0. The number of urea groups is 1. The first kappa shape index (κ1) is 19.5. The van der Waals surface area contributed by atoms with Crippen LogP contribution in [-0.4, -0.2) is 46.0 Å². The quantitative estimate of drug-likeness (QED) is 0.557. The number of tetrazole rings is 1. The molecule has 2 amide bonds. The number of carbonyl (C=O) groups is 1. The Morgan fingerprint density at radius 2 is 1.96 bits per heavy atom. The lowest BCUT2D eigenvalue weighted by atomic mass is 10.2. The van der Waals surface area contributed by atoms with Gasteiger partial charge in [-0.25, -0.2) is 9.48 Å². The van der Waals surface area contributed by atoms with Crippen LogP contribution in [0.25, 0.3) is 11.4 Å². The highest BCUT2D eigenvalue weighted by Crippen LogP contribution is 2.19. The molecular weight excluding hydrogens is 356 g/mol. The van der Waals surface area contributed by atoms with Crippen molar-refractivity contribution in [3.8, 4) is 11.4 Å². The van der Waals surface area contributed by atoms with E-state index >= 15 is 0 Å². The fourth-order valence-electron chi connectivity index (χ4n) is 2.70. The second-order valence-electron chi connectivity index (χ2n) is 6.29. The second kappa shape index (κ2) is 10.2. The Morgan fingerprint density at radius 3 is 2.75 bits per heavy atom. The summed E-state index contributed by atoms with van der Waals surface area (Å²) in [6, 6.07) is 17.4. The maximum absolute atomic E-state index is 12.0. The molecule has 28 heavy (non-hydrogen) atoms. The molecule has 3 aromatic rings. The Balaban J connectivity index is 1.33. The molecular formula is C20H24N6O2. The zero-order chi connectivity index (χ0) is 19.6. The monoisotopic (exact) mass is 380 g/mol. The zero-order valence-electron chi connectivity index (χ0n) is 15.8. The topological polar surface area (TPSA) is 94.0 Å². The molecule has 3 rings (SSSR count). The summed E-state index contributed by atoms with van der Waals surface area (Å²) >= 11 is 0. The van der Waals surface area contributed by atoms with Crippen LogP contribution < -0.4 is 10.6 Å². The number of benzene rings is 2. The van der Waals surface area contributed by atoms with Crippen molar-refractivity contribution >= 4 is 11.7 Å². The van der Waals surface area contributed by atoms with Crippen molar-refractivity contribution in [3.63, 3.8) is 0 Å². The summed E-state index contributed by atoms with van der Waals surface area (Å²) in [5, 5.41) is 17.1. The molecule has 0 unspecified atom stereocenters. The van der Waals surface area contributed by atoms with Crippen molar-refractivity contribution in [2.75, 3.05) is 25.1 Å². The lowest BCUT2D eigenvalue weighted by Gasteiger charge is -2.09. The van der Waals surface area contributed by atoms with Gasteiger partial charge in [0.1, 0.15) is 0 Å². The number of rotatable bonds is 9. The maximum Gasteiger partial charge on any atom is 0.319 e. The van der Waals surface area contributed by atoms with E-state index in [4.69, 9.17) is 4.74 Å². The molecule has 146 valence electrons. The Hall–Kier alpha value is -3.26. The number of aromatic nitrogens is 4. The van der Waals surface area contributed by atoms with Crippen LogP contribution in [0.15, 0.2) is 54.6 Å². The average Bonchev–Trinajstić information content (AvgIpc) is 3.14. The molecule has 0 spiro atoms. The Kier molecular flexibility index (Phi) is 7.08. The van der Waals surface area contributed by atoms with Gasteiger partial charge in [-0.15, -0.1) is 5.10 Å². The number of nitrogens with zero attached hydrogens (tertiary/aromatic N) is 4. The van der Waals surface area contributed by atoms with Crippen molar-refractivity contribution in [2.45, 2.75) is 12.8 Å². The van der Waals surface area contributed by atoms with E-state index in [0.717, 1.165) is 18.4 Å². The lowest BCUT2D eigenvalue weighted by Crippen LogP contribution is -2.30. The molecule has 2 aromatic carbocycles. The molecule has 0 aliphatic rings. The van der Waals surface area contributed by atoms with Gasteiger partial charge < -0.3 is 15.4 Å². The molecule has 2 N–H and O–H groups in total. The van der Waals surface area contributed by atoms with Crippen LogP contribution >= 0.6 is 0 Å². The SMILES string of the molecule is Cn1nnnc1-c1cccc(NC(=O)NCCCOCCc2ccccc2)c1. The average molecular weight is 380 g/mol. The second-order valence-corrected chi connectivity index (χ2v) is 6.29. The van der Waals surface area contributed by atoms with Crippen molar-refractivity contribution in [1.82, 2.24) is 25.5 Å². The number of aryl methyl sites for hydroxylation is 1. The van der Waals surface area contributed by atoms with Gasteiger partial charge in [0, 0.05) is 31.5 Å². The number of amides is 2. The summed E-state index contributed by atoms with van der Waals surface area (Å²) in [5.74, 6) is 0.636. The van der Waals surface area contributed by atoms with Crippen molar-refractivity contribution in [2.24, 2.45) is 7.05 Å². The van der Waals surface area contributed by atoms with Gasteiger partial charge in [0.2, 0.25) is 0 Å². The molecule has 1 heterocycles. The van der Waals surface area contributed by atoms with Gasteiger partial charge in [-0.05, 0) is 41.0 Å². The highest BCUT2D eigenvalue weighted by molar-refractivity contribution is 5.89. The van der Waals surface area contributed by atoms with Gasteiger partial charge in [-0.1, -0.05) is 42.5 Å². The van der Waals surface area contributed by atoms with E-state index in [2.05, 4.69) is 38.3 Å². The van der Waals surface area contributed by atoms with E-state index in [-0.39, 0.29) is 6.03 Å². The first-order chi connectivity index (χ1) is 13.7. The fourth-order valence-corrected chi connectivity index (χ4v) is 2.70. The summed E-state index contributed by atoms with van der Waals surface area (Å²) in [4.78, 5) is 12.0. The normalized spacial score (nSPS) is 10.6. The molecule has 0 radical (unpaired) electrons. The van der Waals surface area contributed by atoms with Crippen LogP contribution in [0, 0.1) is 0 Å². The number of nitrogens with one attached hydrogen (secondary N) is 2. The Labute approximate surface area is 163 Å². The molecule has 8 heteroatoms. The Bertz CT molecular complexity index is 881. The van der Waals surface area contributed by atoms with Crippen LogP contribution in [0.5, 0.6) is 0 Å². The third-order valence-electron chi connectivity index (χ3n) is 4.13. The predicted molar refractivity (Wildman–Crippen MR) is 107 cm³/mol. The van der Waals surface area contributed by atoms with Gasteiger partial charge in [-0.3, -0.25) is 0 Å². The third-order valence-corrected chi connectivity index (χ3v) is 4.13. The van der Waals surface area contributed by atoms with Gasteiger partial charge >= 0.3 is 6.03 Å². The summed E-state index contributed by atoms with van der Waals surface area (Å²) < 4.78 is 7.19. The van der Waals surface area contributed by atoms with E-state index in [1.165, 1.54) is 5.56 Å². The number of carbonyl (C=O) groups excluding carboxylic acids is 1. The molecule has 0 fully saturated rings. The molecule has 0 aliphatic carbocycles. The highest BCUT2D eigenvalue weighted by Gasteiger charge is 2.07. The van der Waals surface area contributed by atoms with Crippen LogP contribution in [0.4, 0.5) is 10.5 Å². The summed E-state index contributed by atoms with van der Waals surface area (Å²) in [6.07, 6.45) is 1.65. The zero-order valence-corrected chi connectivity index (χ0v) is 15.8. The first-order valence-electron chi connectivity index (χ1n) is 9.22. The van der Waals surface area contributed by atoms with E-state index in [0.29, 0.717) is 31.3 Å². The van der Waals surface area contributed by atoms with E-state index in [1.54, 1.807) is 11.7 Å². The molecule has 0 saturated heterocycles. The minimum absolute atomic E-state index is 0.252. The van der Waals surface area contributed by atoms with Crippen LogP contribution in [0.1, 0.15) is 12.0 Å². The van der Waals surface area contributed by atoms with Gasteiger partial charge in [-0.2, -0.15) is 0 Å². The van der Waals surface area contributed by atoms with E-state index in [1.807, 2.05) is 42.5 Å². The molecule has 0 atom stereocenters. The number of anilines is 1. The minimum Gasteiger partial charge on any atom is -0.381 e. The molecule has 0 saturated carbocycles. The largest absolute Gasteiger partial charge is 0.381 e. The number of ether oxygens (including phenoxy) is 1. The van der Waals surface area contributed by atoms with Crippen LogP contribution in [-0.2, 0) is 18.2 Å². The fraction of sp³-hybridized carbons (Fsp3) is 0.300. The van der Waals surface area contributed by atoms with Crippen molar-refractivity contribution in [1.29, 1.82) is 0 Å². The van der Waals surface area contributed by atoms with E-state index in [9.17, 15) is 4.79 Å². The number of hydrogen-bond donors (Lipinski definition) is 2.